The van der Waals surface area contributed by atoms with Crippen LogP contribution in [0.3, 0.4) is 0 Å². The molecular formula is C15H21NO3. The second-order valence-corrected chi connectivity index (χ2v) is 5.67. The smallest absolute Gasteiger partial charge is 0.231 e. The van der Waals surface area contributed by atoms with Crippen LogP contribution in [0.5, 0.6) is 17.2 Å². The van der Waals surface area contributed by atoms with Gasteiger partial charge in [0.15, 0.2) is 11.5 Å². The third-order valence-corrected chi connectivity index (χ3v) is 3.29. The third-order valence-electron chi connectivity index (χ3n) is 3.29. The fraction of sp³-hybridized carbons (Fsp3) is 0.600. The molecule has 4 nitrogen and oxygen atoms in total. The number of rotatable bonds is 6. The van der Waals surface area contributed by atoms with Crippen LogP contribution < -0.4 is 19.5 Å². The van der Waals surface area contributed by atoms with E-state index in [4.69, 9.17) is 14.2 Å². The highest BCUT2D eigenvalue weighted by Crippen LogP contribution is 2.38. The molecule has 104 valence electrons. The number of benzene rings is 1. The maximum Gasteiger partial charge on any atom is 0.231 e. The molecular weight excluding hydrogens is 242 g/mol. The molecule has 1 aromatic rings. The first-order valence-electron chi connectivity index (χ1n) is 7.01. The molecule has 0 spiro atoms. The van der Waals surface area contributed by atoms with Gasteiger partial charge in [-0.3, -0.25) is 0 Å². The van der Waals surface area contributed by atoms with Gasteiger partial charge in [-0.2, -0.15) is 0 Å². The molecule has 1 aliphatic carbocycles. The summed E-state index contributed by atoms with van der Waals surface area (Å²) in [5, 5.41) is 3.52. The molecule has 1 heterocycles. The highest BCUT2D eigenvalue weighted by molar-refractivity contribution is 5.51. The van der Waals surface area contributed by atoms with Crippen molar-refractivity contribution in [1.82, 2.24) is 5.32 Å². The topological polar surface area (TPSA) is 39.7 Å². The molecule has 1 aromatic carbocycles. The molecule has 0 atom stereocenters. The van der Waals surface area contributed by atoms with Crippen LogP contribution in [0.1, 0.15) is 32.3 Å². The predicted molar refractivity (Wildman–Crippen MR) is 72.8 cm³/mol. The van der Waals surface area contributed by atoms with E-state index >= 15 is 0 Å². The van der Waals surface area contributed by atoms with E-state index in [1.165, 1.54) is 12.8 Å². The largest absolute Gasteiger partial charge is 0.493 e. The Morgan fingerprint density at radius 2 is 2.00 bits per heavy atom. The van der Waals surface area contributed by atoms with Crippen LogP contribution in [-0.4, -0.2) is 19.4 Å². The molecule has 0 bridgehead atoms. The average Bonchev–Trinajstić information content (AvgIpc) is 3.10. The van der Waals surface area contributed by atoms with Crippen LogP contribution in [0, 0.1) is 5.92 Å². The van der Waals surface area contributed by atoms with Gasteiger partial charge in [0.25, 0.3) is 0 Å². The standard InChI is InChI=1S/C15H21NO3/c1-10(2)8-17-13-6-15-14(18-9-19-15)5-11(13)7-16-12-3-4-12/h5-6,10,12,16H,3-4,7-9H2,1-2H3. The normalized spacial score (nSPS) is 17.0. The van der Waals surface area contributed by atoms with Crippen LogP contribution in [0.15, 0.2) is 12.1 Å². The van der Waals surface area contributed by atoms with Crippen LogP contribution in [-0.2, 0) is 6.54 Å². The van der Waals surface area contributed by atoms with Gasteiger partial charge in [0.2, 0.25) is 6.79 Å². The lowest BCUT2D eigenvalue weighted by atomic mass is 10.1. The van der Waals surface area contributed by atoms with Crippen LogP contribution in [0.25, 0.3) is 0 Å². The molecule has 0 saturated heterocycles. The van der Waals surface area contributed by atoms with E-state index < -0.39 is 0 Å². The molecule has 19 heavy (non-hydrogen) atoms. The van der Waals surface area contributed by atoms with Crippen molar-refractivity contribution in [3.63, 3.8) is 0 Å². The lowest BCUT2D eigenvalue weighted by Gasteiger charge is -2.14. The first-order valence-corrected chi connectivity index (χ1v) is 7.01. The van der Waals surface area contributed by atoms with Gasteiger partial charge >= 0.3 is 0 Å². The summed E-state index contributed by atoms with van der Waals surface area (Å²) in [6.07, 6.45) is 2.57. The first kappa shape index (κ1) is 12.6. The van der Waals surface area contributed by atoms with E-state index in [9.17, 15) is 0 Å². The summed E-state index contributed by atoms with van der Waals surface area (Å²) in [6.45, 7) is 6.15. The Hall–Kier alpha value is -1.42. The molecule has 2 aliphatic rings. The summed E-state index contributed by atoms with van der Waals surface area (Å²) in [5.41, 5.74) is 1.15. The summed E-state index contributed by atoms with van der Waals surface area (Å²) >= 11 is 0. The van der Waals surface area contributed by atoms with Gasteiger partial charge in [-0.15, -0.1) is 0 Å². The molecule has 0 amide bonds. The lowest BCUT2D eigenvalue weighted by Crippen LogP contribution is -2.16. The Bertz CT molecular complexity index is 422. The molecule has 0 unspecified atom stereocenters. The second kappa shape index (κ2) is 5.29. The Kier molecular flexibility index (Phi) is 3.51. The van der Waals surface area contributed by atoms with Gasteiger partial charge in [-0.25, -0.2) is 0 Å². The molecule has 1 aliphatic heterocycles. The fourth-order valence-corrected chi connectivity index (χ4v) is 2.04. The van der Waals surface area contributed by atoms with E-state index in [0.29, 0.717) is 18.8 Å². The maximum atomic E-state index is 5.90. The Morgan fingerprint density at radius 1 is 1.26 bits per heavy atom. The summed E-state index contributed by atoms with van der Waals surface area (Å²) in [4.78, 5) is 0. The number of hydrogen-bond donors (Lipinski definition) is 1. The SMILES string of the molecule is CC(C)COc1cc2c(cc1CNC1CC1)OCO2. The molecule has 1 fully saturated rings. The van der Waals surface area contributed by atoms with Crippen molar-refractivity contribution in [2.24, 2.45) is 5.92 Å². The number of nitrogens with one attached hydrogen (secondary N) is 1. The summed E-state index contributed by atoms with van der Waals surface area (Å²) < 4.78 is 16.8. The Morgan fingerprint density at radius 3 is 2.68 bits per heavy atom. The van der Waals surface area contributed by atoms with E-state index in [-0.39, 0.29) is 0 Å². The first-order chi connectivity index (χ1) is 9.22. The van der Waals surface area contributed by atoms with E-state index in [2.05, 4.69) is 19.2 Å². The van der Waals surface area contributed by atoms with Crippen LogP contribution in [0.2, 0.25) is 0 Å². The molecule has 1 N–H and O–H groups in total. The zero-order valence-corrected chi connectivity index (χ0v) is 11.6. The number of hydrogen-bond acceptors (Lipinski definition) is 4. The van der Waals surface area contributed by atoms with Crippen LogP contribution in [0.4, 0.5) is 0 Å². The average molecular weight is 263 g/mol. The third kappa shape index (κ3) is 3.13. The monoisotopic (exact) mass is 263 g/mol. The van der Waals surface area contributed by atoms with Crippen molar-refractivity contribution in [2.45, 2.75) is 39.3 Å². The second-order valence-electron chi connectivity index (χ2n) is 5.67. The van der Waals surface area contributed by atoms with Gasteiger partial charge in [0.05, 0.1) is 6.61 Å². The maximum absolute atomic E-state index is 5.90. The lowest BCUT2D eigenvalue weighted by molar-refractivity contribution is 0.173. The Balaban J connectivity index is 1.76. The van der Waals surface area contributed by atoms with Crippen molar-refractivity contribution in [3.8, 4) is 17.2 Å². The van der Waals surface area contributed by atoms with E-state index in [1.54, 1.807) is 0 Å². The summed E-state index contributed by atoms with van der Waals surface area (Å²) in [6, 6.07) is 4.67. The number of fused-ring (bicyclic) bond motifs is 1. The highest BCUT2D eigenvalue weighted by atomic mass is 16.7. The van der Waals surface area contributed by atoms with Crippen molar-refractivity contribution in [2.75, 3.05) is 13.4 Å². The van der Waals surface area contributed by atoms with Gasteiger partial charge < -0.3 is 19.5 Å². The molecule has 0 aromatic heterocycles. The van der Waals surface area contributed by atoms with Crippen molar-refractivity contribution < 1.29 is 14.2 Å². The van der Waals surface area contributed by atoms with Gasteiger partial charge in [0, 0.05) is 24.2 Å². The minimum atomic E-state index is 0.304. The Labute approximate surface area is 114 Å². The van der Waals surface area contributed by atoms with Crippen molar-refractivity contribution in [1.29, 1.82) is 0 Å². The minimum absolute atomic E-state index is 0.304. The minimum Gasteiger partial charge on any atom is -0.493 e. The fourth-order valence-electron chi connectivity index (χ4n) is 2.04. The van der Waals surface area contributed by atoms with Gasteiger partial charge in [-0.05, 0) is 24.8 Å². The summed E-state index contributed by atoms with van der Waals surface area (Å²) in [7, 11) is 0. The molecule has 4 heteroatoms. The van der Waals surface area contributed by atoms with Gasteiger partial charge in [-0.1, -0.05) is 13.8 Å². The van der Waals surface area contributed by atoms with Crippen molar-refractivity contribution >= 4 is 0 Å². The molecule has 1 saturated carbocycles. The summed E-state index contributed by atoms with van der Waals surface area (Å²) in [5.74, 6) is 3.03. The predicted octanol–water partition coefficient (Wildman–Crippen LogP) is 2.70. The quantitative estimate of drug-likeness (QED) is 0.856. The zero-order valence-electron chi connectivity index (χ0n) is 11.6. The molecule has 3 rings (SSSR count). The molecule has 0 radical (unpaired) electrons. The van der Waals surface area contributed by atoms with E-state index in [0.717, 1.165) is 36.0 Å². The zero-order chi connectivity index (χ0) is 13.2. The number of ether oxygens (including phenoxy) is 3. The highest BCUT2D eigenvalue weighted by Gasteiger charge is 2.22. The van der Waals surface area contributed by atoms with Gasteiger partial charge in [0.1, 0.15) is 5.75 Å². The van der Waals surface area contributed by atoms with Crippen LogP contribution >= 0.6 is 0 Å². The van der Waals surface area contributed by atoms with E-state index in [1.807, 2.05) is 12.1 Å². The van der Waals surface area contributed by atoms with Crippen molar-refractivity contribution in [3.05, 3.63) is 17.7 Å².